The molecule has 28 valence electrons. The van der Waals surface area contributed by atoms with Gasteiger partial charge >= 0.3 is 23.2 Å². The van der Waals surface area contributed by atoms with Gasteiger partial charge in [0, 0.05) is 37.6 Å². The monoisotopic (exact) mass is 356 g/mol. The molecule has 0 bridgehead atoms. The van der Waals surface area contributed by atoms with Gasteiger partial charge in [0.15, 0.2) is 0 Å². The van der Waals surface area contributed by atoms with Crippen molar-refractivity contribution in [1.82, 2.24) is 0 Å². The Labute approximate surface area is 60.3 Å². The van der Waals surface area contributed by atoms with Crippen LogP contribution in [0.25, 0.3) is 0 Å². The minimum atomic E-state index is 0. The van der Waals surface area contributed by atoms with E-state index in [4.69, 9.17) is 3.40 Å². The zero-order chi connectivity index (χ0) is 2.00. The number of rotatable bonds is 0. The van der Waals surface area contributed by atoms with Gasteiger partial charge in [0.2, 0.25) is 0 Å². The van der Waals surface area contributed by atoms with Crippen molar-refractivity contribution in [3.8, 4) is 0 Å². The zero-order valence-electron chi connectivity index (χ0n) is 1.54. The van der Waals surface area contributed by atoms with E-state index in [-0.39, 0.29) is 37.6 Å². The number of hydrogen-bond acceptors (Lipinski definition) is 1. The molecule has 0 aliphatic heterocycles. The summed E-state index contributed by atoms with van der Waals surface area (Å²) in [5, 5.41) is 0. The molecule has 0 saturated carbocycles. The average Bonchev–Trinajstić information content (AvgIpc) is 1.00. The van der Waals surface area contributed by atoms with Gasteiger partial charge in [-0.15, -0.1) is 0 Å². The molecule has 0 aromatic rings. The van der Waals surface area contributed by atoms with Crippen molar-refractivity contribution in [3.63, 3.8) is 0 Å². The van der Waals surface area contributed by atoms with Crippen LogP contribution in [0.5, 0.6) is 0 Å². The second kappa shape index (κ2) is 22.6. The minimum absolute atomic E-state index is 0. The van der Waals surface area contributed by atoms with Crippen LogP contribution in [0.1, 0.15) is 0 Å². The van der Waals surface area contributed by atoms with Crippen molar-refractivity contribution in [2.24, 2.45) is 0 Å². The molecule has 0 aromatic carbocycles. The van der Waals surface area contributed by atoms with Gasteiger partial charge in [-0.3, -0.25) is 0 Å². The molecule has 0 N–H and O–H groups in total. The summed E-state index contributed by atoms with van der Waals surface area (Å²) in [7, 11) is 0. The molecule has 0 rings (SSSR count). The number of hydrogen-bond donors (Lipinski definition) is 0. The molecule has 0 radical (unpaired) electrons. The van der Waals surface area contributed by atoms with Crippen LogP contribution in [0.4, 0.5) is 0 Å². The normalized spacial score (nSPS) is 1.00. The molecule has 0 atom stereocenters. The summed E-state index contributed by atoms with van der Waals surface area (Å²) in [6.07, 6.45) is 0. The summed E-state index contributed by atoms with van der Waals surface area (Å²) in [5.41, 5.74) is 0. The fourth-order valence-electron chi connectivity index (χ4n) is 0. The fourth-order valence-corrected chi connectivity index (χ4v) is 0. The molecule has 1 nitrogen and oxygen atoms in total. The Morgan fingerprint density at radius 1 is 1.25 bits per heavy atom. The van der Waals surface area contributed by atoms with Gasteiger partial charge in [-0.1, -0.05) is 0 Å². The SMILES string of the molecule is [Mo].[Ni].[O]=[W]. The summed E-state index contributed by atoms with van der Waals surface area (Å²) >= 11 is 0.333. The van der Waals surface area contributed by atoms with Crippen molar-refractivity contribution in [1.29, 1.82) is 0 Å². The van der Waals surface area contributed by atoms with Gasteiger partial charge < -0.3 is 0 Å². The second-order valence-corrected chi connectivity index (χ2v) is 0. The Kier molecular flexibility index (Phi) is 97.8. The first-order chi connectivity index (χ1) is 1.00. The van der Waals surface area contributed by atoms with Gasteiger partial charge in [-0.2, -0.15) is 0 Å². The van der Waals surface area contributed by atoms with E-state index in [2.05, 4.69) is 0 Å². The standard InChI is InChI=1S/Mo.Ni.O.W. The molecule has 0 aliphatic carbocycles. The molecule has 0 unspecified atom stereocenters. The molecular formula is MoNiOW. The van der Waals surface area contributed by atoms with E-state index >= 15 is 0 Å². The zero-order valence-corrected chi connectivity index (χ0v) is 7.47. The van der Waals surface area contributed by atoms with E-state index < -0.39 is 0 Å². The molecule has 4 heteroatoms. The average molecular weight is 354 g/mol. The summed E-state index contributed by atoms with van der Waals surface area (Å²) < 4.78 is 8.33. The molecule has 0 heterocycles. The molecular weight excluding hydrogens is 354 g/mol. The molecule has 0 amide bonds. The van der Waals surface area contributed by atoms with Crippen molar-refractivity contribution in [3.05, 3.63) is 0 Å². The third-order valence-corrected chi connectivity index (χ3v) is 0. The second-order valence-electron chi connectivity index (χ2n) is 0. The molecule has 0 fully saturated rings. The van der Waals surface area contributed by atoms with Crippen LogP contribution in [-0.2, 0) is 60.7 Å². The Morgan fingerprint density at radius 3 is 1.25 bits per heavy atom. The van der Waals surface area contributed by atoms with Crippen molar-refractivity contribution < 1.29 is 60.7 Å². The predicted octanol–water partition coefficient (Wildman–Crippen LogP) is -0.126. The van der Waals surface area contributed by atoms with Crippen LogP contribution in [0.3, 0.4) is 0 Å². The molecule has 0 spiro atoms. The first-order valence-corrected chi connectivity index (χ1v) is 1.36. The Balaban J connectivity index is -0.00000000500. The summed E-state index contributed by atoms with van der Waals surface area (Å²) in [6.45, 7) is 0. The molecule has 0 aliphatic rings. The first-order valence-electron chi connectivity index (χ1n) is 0.167. The quantitative estimate of drug-likeness (QED) is 0.554. The van der Waals surface area contributed by atoms with Crippen molar-refractivity contribution >= 4 is 0 Å². The predicted molar refractivity (Wildman–Crippen MR) is 0.686 cm³/mol. The van der Waals surface area contributed by atoms with E-state index in [0.717, 1.165) is 0 Å². The van der Waals surface area contributed by atoms with E-state index in [9.17, 15) is 0 Å². The van der Waals surface area contributed by atoms with Crippen molar-refractivity contribution in [2.75, 3.05) is 0 Å². The van der Waals surface area contributed by atoms with Crippen molar-refractivity contribution in [2.45, 2.75) is 0 Å². The van der Waals surface area contributed by atoms with E-state index in [0.29, 0.717) is 19.8 Å². The summed E-state index contributed by atoms with van der Waals surface area (Å²) in [4.78, 5) is 0. The topological polar surface area (TPSA) is 17.1 Å². The van der Waals surface area contributed by atoms with E-state index in [1.165, 1.54) is 0 Å². The summed E-state index contributed by atoms with van der Waals surface area (Å²) in [5.74, 6) is 0. The molecule has 0 aromatic heterocycles. The van der Waals surface area contributed by atoms with Crippen LogP contribution >= 0.6 is 0 Å². The third kappa shape index (κ3) is 9.38. The van der Waals surface area contributed by atoms with Crippen LogP contribution in [0.2, 0.25) is 0 Å². The van der Waals surface area contributed by atoms with Crippen LogP contribution in [-0.4, -0.2) is 0 Å². The van der Waals surface area contributed by atoms with E-state index in [1.54, 1.807) is 0 Å². The summed E-state index contributed by atoms with van der Waals surface area (Å²) in [6, 6.07) is 0. The molecule has 4 heavy (non-hydrogen) atoms. The Hall–Kier alpha value is 1.67. The molecule has 0 saturated heterocycles. The maximum atomic E-state index is 8.33. The van der Waals surface area contributed by atoms with Gasteiger partial charge in [-0.05, 0) is 0 Å². The Bertz CT molecular complexity index is 8.00. The van der Waals surface area contributed by atoms with Gasteiger partial charge in [0.05, 0.1) is 0 Å². The third-order valence-electron chi connectivity index (χ3n) is 0. The van der Waals surface area contributed by atoms with E-state index in [1.807, 2.05) is 0 Å². The van der Waals surface area contributed by atoms with Gasteiger partial charge in [0.25, 0.3) is 0 Å². The van der Waals surface area contributed by atoms with Crippen LogP contribution in [0, 0.1) is 0 Å². The first kappa shape index (κ1) is 17.3. The fraction of sp³-hybridized carbons (Fsp3) is 0. The van der Waals surface area contributed by atoms with Gasteiger partial charge in [-0.25, -0.2) is 0 Å². The Morgan fingerprint density at radius 2 is 1.25 bits per heavy atom. The van der Waals surface area contributed by atoms with Crippen LogP contribution in [0.15, 0.2) is 0 Å². The van der Waals surface area contributed by atoms with Crippen LogP contribution < -0.4 is 0 Å². The van der Waals surface area contributed by atoms with Gasteiger partial charge in [0.1, 0.15) is 0 Å². The maximum absolute atomic E-state index is 8.33.